The van der Waals surface area contributed by atoms with Crippen molar-refractivity contribution in [3.05, 3.63) is 29.8 Å². The minimum absolute atomic E-state index is 0.0992. The summed E-state index contributed by atoms with van der Waals surface area (Å²) in [4.78, 5) is 21.6. The Bertz CT molecular complexity index is 402. The van der Waals surface area contributed by atoms with E-state index in [9.17, 15) is 4.79 Å². The van der Waals surface area contributed by atoms with E-state index in [2.05, 4.69) is 13.8 Å². The Kier molecular flexibility index (Phi) is 4.76. The summed E-state index contributed by atoms with van der Waals surface area (Å²) in [5.74, 6) is 0.582. The summed E-state index contributed by atoms with van der Waals surface area (Å²) in [7, 11) is 0. The Morgan fingerprint density at radius 3 is 2.39 bits per heavy atom. The molecule has 0 fully saturated rings. The zero-order valence-corrected chi connectivity index (χ0v) is 11.8. The van der Waals surface area contributed by atoms with E-state index in [-0.39, 0.29) is 11.4 Å². The lowest BCUT2D eigenvalue weighted by Crippen LogP contribution is -2.17. The van der Waals surface area contributed by atoms with E-state index in [1.165, 1.54) is 0 Å². The number of carbonyl (C=O) groups excluding carboxylic acids is 1. The molecule has 3 heteroatoms. The fraction of sp³-hybridized carbons (Fsp3) is 0.533. The van der Waals surface area contributed by atoms with Crippen LogP contribution in [-0.4, -0.2) is 5.97 Å². The molecule has 0 saturated carbocycles. The van der Waals surface area contributed by atoms with Crippen molar-refractivity contribution in [1.29, 1.82) is 0 Å². The Labute approximate surface area is 109 Å². The quantitative estimate of drug-likeness (QED) is 0.596. The van der Waals surface area contributed by atoms with Gasteiger partial charge in [-0.1, -0.05) is 52.8 Å². The highest BCUT2D eigenvalue weighted by Gasteiger charge is 2.19. The van der Waals surface area contributed by atoms with E-state index in [0.29, 0.717) is 18.1 Å². The van der Waals surface area contributed by atoms with Crippen molar-refractivity contribution >= 4 is 5.97 Å². The van der Waals surface area contributed by atoms with E-state index in [0.717, 1.165) is 5.56 Å². The van der Waals surface area contributed by atoms with Crippen molar-refractivity contribution in [2.45, 2.75) is 47.0 Å². The van der Waals surface area contributed by atoms with Gasteiger partial charge in [0.2, 0.25) is 0 Å². The van der Waals surface area contributed by atoms with Gasteiger partial charge >= 0.3 is 5.97 Å². The molecule has 1 rings (SSSR count). The molecule has 0 N–H and O–H groups in total. The second kappa shape index (κ2) is 5.89. The molecule has 100 valence electrons. The fourth-order valence-electron chi connectivity index (χ4n) is 1.59. The van der Waals surface area contributed by atoms with Gasteiger partial charge in [-0.3, -0.25) is 9.78 Å². The topological polar surface area (TPSA) is 35.5 Å². The van der Waals surface area contributed by atoms with E-state index < -0.39 is 0 Å². The van der Waals surface area contributed by atoms with Crippen molar-refractivity contribution < 1.29 is 14.6 Å². The molecule has 0 amide bonds. The Morgan fingerprint density at radius 1 is 1.22 bits per heavy atom. The van der Waals surface area contributed by atoms with Gasteiger partial charge in [0, 0.05) is 5.56 Å². The van der Waals surface area contributed by atoms with Gasteiger partial charge < -0.3 is 0 Å². The third-order valence-corrected chi connectivity index (χ3v) is 2.44. The van der Waals surface area contributed by atoms with Crippen LogP contribution in [0.1, 0.15) is 52.5 Å². The van der Waals surface area contributed by atoms with Crippen molar-refractivity contribution in [1.82, 2.24) is 0 Å². The second-order valence-electron chi connectivity index (χ2n) is 5.97. The van der Waals surface area contributed by atoms with Gasteiger partial charge in [0.15, 0.2) is 5.75 Å². The SMILES string of the molecule is CC(C)c1ccccc1OOC(=O)CC(C)(C)C. The highest BCUT2D eigenvalue weighted by molar-refractivity contribution is 5.69. The number of para-hydroxylation sites is 1. The van der Waals surface area contributed by atoms with E-state index in [4.69, 9.17) is 9.78 Å². The molecular formula is C15H22O3. The molecule has 0 aliphatic carbocycles. The predicted octanol–water partition coefficient (Wildman–Crippen LogP) is 4.08. The third kappa shape index (κ3) is 4.78. The molecule has 0 radical (unpaired) electrons. The summed E-state index contributed by atoms with van der Waals surface area (Å²) in [5, 5.41) is 0. The minimum atomic E-state index is -0.346. The second-order valence-corrected chi connectivity index (χ2v) is 5.97. The summed E-state index contributed by atoms with van der Waals surface area (Å²) < 4.78 is 0. The van der Waals surface area contributed by atoms with Crippen LogP contribution >= 0.6 is 0 Å². The van der Waals surface area contributed by atoms with Gasteiger partial charge in [0.05, 0.1) is 6.42 Å². The lowest BCUT2D eigenvalue weighted by atomic mass is 9.93. The molecule has 0 aliphatic rings. The summed E-state index contributed by atoms with van der Waals surface area (Å²) in [6.45, 7) is 10.1. The largest absolute Gasteiger partial charge is 0.355 e. The van der Waals surface area contributed by atoms with Crippen molar-refractivity contribution in [3.8, 4) is 5.75 Å². The number of rotatable bonds is 4. The first-order chi connectivity index (χ1) is 8.29. The molecular weight excluding hydrogens is 228 g/mol. The third-order valence-electron chi connectivity index (χ3n) is 2.44. The Balaban J connectivity index is 2.61. The zero-order chi connectivity index (χ0) is 13.8. The van der Waals surface area contributed by atoms with Crippen LogP contribution in [0.5, 0.6) is 5.75 Å². The first-order valence-electron chi connectivity index (χ1n) is 6.26. The average molecular weight is 250 g/mol. The average Bonchev–Trinajstić information content (AvgIpc) is 2.24. The van der Waals surface area contributed by atoms with Gasteiger partial charge in [0.25, 0.3) is 0 Å². The van der Waals surface area contributed by atoms with Crippen molar-refractivity contribution in [3.63, 3.8) is 0 Å². The van der Waals surface area contributed by atoms with Crippen LogP contribution in [0.2, 0.25) is 0 Å². The summed E-state index contributed by atoms with van der Waals surface area (Å²) in [5.41, 5.74) is 0.930. The molecule has 3 nitrogen and oxygen atoms in total. The van der Waals surface area contributed by atoms with E-state index in [1.807, 2.05) is 39.0 Å². The first kappa shape index (κ1) is 14.6. The van der Waals surface area contributed by atoms with Gasteiger partial charge in [-0.25, -0.2) is 4.79 Å². The van der Waals surface area contributed by atoms with E-state index in [1.54, 1.807) is 6.07 Å². The number of benzene rings is 1. The molecule has 0 saturated heterocycles. The summed E-state index contributed by atoms with van der Waals surface area (Å²) >= 11 is 0. The van der Waals surface area contributed by atoms with Crippen molar-refractivity contribution in [2.75, 3.05) is 0 Å². The van der Waals surface area contributed by atoms with Crippen LogP contribution in [0.25, 0.3) is 0 Å². The molecule has 0 heterocycles. The highest BCUT2D eigenvalue weighted by Crippen LogP contribution is 2.26. The maximum absolute atomic E-state index is 11.6. The normalized spacial score (nSPS) is 11.4. The molecule has 0 bridgehead atoms. The monoisotopic (exact) mass is 250 g/mol. The lowest BCUT2D eigenvalue weighted by Gasteiger charge is -2.16. The number of hydrogen-bond acceptors (Lipinski definition) is 3. The summed E-state index contributed by atoms with van der Waals surface area (Å²) in [6, 6.07) is 7.58. The number of carbonyl (C=O) groups is 1. The molecule has 1 aromatic carbocycles. The van der Waals surface area contributed by atoms with Crippen LogP contribution in [0.15, 0.2) is 24.3 Å². The van der Waals surface area contributed by atoms with Crippen LogP contribution in [0.4, 0.5) is 0 Å². The molecule has 0 unspecified atom stereocenters. The van der Waals surface area contributed by atoms with Gasteiger partial charge in [-0.2, -0.15) is 0 Å². The summed E-state index contributed by atoms with van der Waals surface area (Å²) in [6.07, 6.45) is 0.330. The maximum atomic E-state index is 11.6. The molecule has 0 atom stereocenters. The van der Waals surface area contributed by atoms with Crippen LogP contribution in [0.3, 0.4) is 0 Å². The Hall–Kier alpha value is -1.51. The highest BCUT2D eigenvalue weighted by atomic mass is 17.2. The van der Waals surface area contributed by atoms with E-state index >= 15 is 0 Å². The molecule has 0 aliphatic heterocycles. The van der Waals surface area contributed by atoms with Crippen LogP contribution in [0, 0.1) is 5.41 Å². The van der Waals surface area contributed by atoms with Gasteiger partial charge in [-0.05, 0) is 17.4 Å². The van der Waals surface area contributed by atoms with Crippen LogP contribution in [-0.2, 0) is 9.68 Å². The maximum Gasteiger partial charge on any atom is 0.355 e. The number of hydrogen-bond donors (Lipinski definition) is 0. The Morgan fingerprint density at radius 2 is 1.83 bits per heavy atom. The molecule has 0 spiro atoms. The predicted molar refractivity (Wildman–Crippen MR) is 71.3 cm³/mol. The standard InChI is InChI=1S/C15H22O3/c1-11(2)12-8-6-7-9-13(12)17-18-14(16)10-15(3,4)5/h6-9,11H,10H2,1-5H3. The van der Waals surface area contributed by atoms with Crippen molar-refractivity contribution in [2.24, 2.45) is 5.41 Å². The van der Waals surface area contributed by atoms with Gasteiger partial charge in [0.1, 0.15) is 0 Å². The van der Waals surface area contributed by atoms with Gasteiger partial charge in [-0.15, -0.1) is 0 Å². The van der Waals surface area contributed by atoms with Crippen LogP contribution < -0.4 is 4.89 Å². The smallest absolute Gasteiger partial charge is 0.287 e. The lowest BCUT2D eigenvalue weighted by molar-refractivity contribution is -0.216. The zero-order valence-electron chi connectivity index (χ0n) is 11.8. The first-order valence-corrected chi connectivity index (χ1v) is 6.26. The minimum Gasteiger partial charge on any atom is -0.287 e. The molecule has 0 aromatic heterocycles. The molecule has 1 aromatic rings. The fourth-order valence-corrected chi connectivity index (χ4v) is 1.59. The molecule has 18 heavy (non-hydrogen) atoms.